The number of para-hydroxylation sites is 2. The molecule has 7 nitrogen and oxygen atoms in total. The van der Waals surface area contributed by atoms with Gasteiger partial charge in [-0.25, -0.2) is 8.42 Å². The molecule has 1 fully saturated rings. The van der Waals surface area contributed by atoms with E-state index in [1.807, 2.05) is 0 Å². The van der Waals surface area contributed by atoms with E-state index in [9.17, 15) is 13.2 Å². The Labute approximate surface area is 188 Å². The van der Waals surface area contributed by atoms with Crippen molar-refractivity contribution in [2.45, 2.75) is 24.7 Å². The lowest BCUT2D eigenvalue weighted by molar-refractivity contribution is 0.0945. The highest BCUT2D eigenvalue weighted by molar-refractivity contribution is 7.92. The van der Waals surface area contributed by atoms with Crippen molar-refractivity contribution in [3.05, 3.63) is 53.1 Å². The molecule has 9 heteroatoms. The monoisotopic (exact) mass is 465 g/mol. The van der Waals surface area contributed by atoms with Crippen molar-refractivity contribution in [1.82, 2.24) is 10.2 Å². The number of rotatable bonds is 9. The van der Waals surface area contributed by atoms with Gasteiger partial charge in [0.05, 0.1) is 17.8 Å². The van der Waals surface area contributed by atoms with Crippen molar-refractivity contribution in [1.29, 1.82) is 0 Å². The third-order valence-corrected chi connectivity index (χ3v) is 7.06. The number of carbonyl (C=O) groups excluding carboxylic acids is 1. The van der Waals surface area contributed by atoms with E-state index in [0.717, 1.165) is 19.6 Å². The van der Waals surface area contributed by atoms with Crippen molar-refractivity contribution in [3.63, 3.8) is 0 Å². The average molecular weight is 466 g/mol. The van der Waals surface area contributed by atoms with Crippen molar-refractivity contribution in [3.8, 4) is 5.75 Å². The Bertz CT molecular complexity index is 1020. The molecule has 168 valence electrons. The van der Waals surface area contributed by atoms with Crippen LogP contribution in [0.15, 0.2) is 47.4 Å². The maximum Gasteiger partial charge on any atom is 0.263 e. The summed E-state index contributed by atoms with van der Waals surface area (Å²) in [6.07, 6.45) is 2.45. The zero-order chi connectivity index (χ0) is 22.4. The van der Waals surface area contributed by atoms with Crippen LogP contribution in [-0.4, -0.2) is 52.5 Å². The van der Waals surface area contributed by atoms with Gasteiger partial charge in [0.15, 0.2) is 0 Å². The Morgan fingerprint density at radius 1 is 1.19 bits per heavy atom. The minimum Gasteiger partial charge on any atom is -0.495 e. The van der Waals surface area contributed by atoms with Gasteiger partial charge in [-0.1, -0.05) is 30.7 Å². The molecule has 1 amide bonds. The molecule has 0 bridgehead atoms. The fraction of sp³-hybridized carbons (Fsp3) is 0.409. The van der Waals surface area contributed by atoms with E-state index < -0.39 is 10.0 Å². The summed E-state index contributed by atoms with van der Waals surface area (Å²) >= 11 is 6.16. The Hall–Kier alpha value is -2.29. The summed E-state index contributed by atoms with van der Waals surface area (Å²) in [5, 5.41) is 2.92. The van der Waals surface area contributed by atoms with E-state index in [1.165, 1.54) is 38.2 Å². The van der Waals surface area contributed by atoms with Crippen molar-refractivity contribution in [2.75, 3.05) is 38.0 Å². The summed E-state index contributed by atoms with van der Waals surface area (Å²) in [6, 6.07) is 10.9. The van der Waals surface area contributed by atoms with E-state index in [4.69, 9.17) is 16.3 Å². The summed E-state index contributed by atoms with van der Waals surface area (Å²) in [7, 11) is -2.57. The van der Waals surface area contributed by atoms with Crippen LogP contribution in [0.3, 0.4) is 0 Å². The quantitative estimate of drug-likeness (QED) is 0.590. The zero-order valence-corrected chi connectivity index (χ0v) is 19.3. The number of methoxy groups -OCH3 is 1. The first kappa shape index (κ1) is 23.4. The van der Waals surface area contributed by atoms with Crippen LogP contribution in [0.25, 0.3) is 0 Å². The number of nitrogens with zero attached hydrogens (tertiary/aromatic N) is 1. The molecule has 1 aliphatic heterocycles. The Balaban J connectivity index is 1.70. The molecule has 2 aromatic carbocycles. The van der Waals surface area contributed by atoms with Gasteiger partial charge in [0, 0.05) is 18.7 Å². The maximum atomic E-state index is 12.9. The predicted octanol–water partition coefficient (Wildman–Crippen LogP) is 3.61. The van der Waals surface area contributed by atoms with Gasteiger partial charge in [-0.3, -0.25) is 9.52 Å². The number of amides is 1. The fourth-order valence-electron chi connectivity index (χ4n) is 3.62. The molecule has 31 heavy (non-hydrogen) atoms. The van der Waals surface area contributed by atoms with Crippen LogP contribution in [0.2, 0.25) is 5.02 Å². The molecule has 0 saturated carbocycles. The van der Waals surface area contributed by atoms with Crippen LogP contribution in [0.4, 0.5) is 5.69 Å². The molecule has 1 saturated heterocycles. The Morgan fingerprint density at radius 3 is 2.61 bits per heavy atom. The van der Waals surface area contributed by atoms with E-state index in [1.54, 1.807) is 24.3 Å². The van der Waals surface area contributed by atoms with Crippen LogP contribution < -0.4 is 14.8 Å². The van der Waals surface area contributed by atoms with Gasteiger partial charge in [0.2, 0.25) is 0 Å². The number of ether oxygens (including phenoxy) is 1. The van der Waals surface area contributed by atoms with Crippen LogP contribution in [0.1, 0.15) is 30.1 Å². The van der Waals surface area contributed by atoms with E-state index in [2.05, 4.69) is 21.9 Å². The van der Waals surface area contributed by atoms with Crippen molar-refractivity contribution >= 4 is 33.2 Å². The molecule has 0 radical (unpaired) electrons. The number of halogens is 1. The van der Waals surface area contributed by atoms with Crippen molar-refractivity contribution < 1.29 is 17.9 Å². The smallest absolute Gasteiger partial charge is 0.263 e. The number of nitrogens with one attached hydrogen (secondary N) is 2. The number of anilines is 1. The fourth-order valence-corrected chi connectivity index (χ4v) is 5.22. The van der Waals surface area contributed by atoms with E-state index >= 15 is 0 Å². The lowest BCUT2D eigenvalue weighted by atomic mass is 10.1. The normalized spacial score (nSPS) is 15.5. The van der Waals surface area contributed by atoms with Crippen LogP contribution >= 0.6 is 11.6 Å². The van der Waals surface area contributed by atoms with Gasteiger partial charge < -0.3 is 15.0 Å². The first-order chi connectivity index (χ1) is 14.8. The minimum absolute atomic E-state index is 0.0290. The second-order valence-corrected chi connectivity index (χ2v) is 9.83. The summed E-state index contributed by atoms with van der Waals surface area (Å²) < 4.78 is 33.5. The summed E-state index contributed by atoms with van der Waals surface area (Å²) in [5.41, 5.74) is 0.518. The van der Waals surface area contributed by atoms with Gasteiger partial charge in [-0.05, 0) is 62.2 Å². The summed E-state index contributed by atoms with van der Waals surface area (Å²) in [6.45, 7) is 5.75. The largest absolute Gasteiger partial charge is 0.495 e. The first-order valence-electron chi connectivity index (χ1n) is 10.3. The topological polar surface area (TPSA) is 87.7 Å². The molecule has 2 aromatic rings. The number of hydrogen-bond acceptors (Lipinski definition) is 5. The van der Waals surface area contributed by atoms with Gasteiger partial charge in [0.25, 0.3) is 15.9 Å². The molecule has 1 heterocycles. The average Bonchev–Trinajstić information content (AvgIpc) is 3.25. The molecule has 2 N–H and O–H groups in total. The number of carbonyl (C=O) groups is 1. The highest BCUT2D eigenvalue weighted by Gasteiger charge is 2.22. The van der Waals surface area contributed by atoms with E-state index in [0.29, 0.717) is 18.2 Å². The predicted molar refractivity (Wildman–Crippen MR) is 122 cm³/mol. The Kier molecular flexibility index (Phi) is 7.80. The van der Waals surface area contributed by atoms with Gasteiger partial charge in [-0.2, -0.15) is 0 Å². The molecule has 0 aliphatic carbocycles. The highest BCUT2D eigenvalue weighted by atomic mass is 35.5. The molecule has 0 spiro atoms. The van der Waals surface area contributed by atoms with Crippen LogP contribution in [0, 0.1) is 5.92 Å². The molecular formula is C22H28ClN3O4S. The second kappa shape index (κ2) is 10.3. The second-order valence-electron chi connectivity index (χ2n) is 7.77. The van der Waals surface area contributed by atoms with Crippen LogP contribution in [0.5, 0.6) is 5.75 Å². The number of sulfonamides is 1. The lowest BCUT2D eigenvalue weighted by Crippen LogP contribution is -2.34. The SMILES string of the molecule is COc1ccccc1NS(=O)(=O)c1cc(C(=O)NCC(C)CN2CCCC2)ccc1Cl. The summed E-state index contributed by atoms with van der Waals surface area (Å²) in [5.74, 6) is 0.339. The molecule has 1 atom stereocenters. The third kappa shape index (κ3) is 6.12. The first-order valence-corrected chi connectivity index (χ1v) is 12.1. The lowest BCUT2D eigenvalue weighted by Gasteiger charge is -2.20. The van der Waals surface area contributed by atoms with E-state index in [-0.39, 0.29) is 27.1 Å². The molecular weight excluding hydrogens is 438 g/mol. The number of hydrogen-bond donors (Lipinski definition) is 2. The van der Waals surface area contributed by atoms with Crippen LogP contribution in [-0.2, 0) is 10.0 Å². The van der Waals surface area contributed by atoms with Gasteiger partial charge >= 0.3 is 0 Å². The Morgan fingerprint density at radius 2 is 1.90 bits per heavy atom. The number of benzene rings is 2. The minimum atomic E-state index is -4.03. The highest BCUT2D eigenvalue weighted by Crippen LogP contribution is 2.29. The van der Waals surface area contributed by atoms with Gasteiger partial charge in [-0.15, -0.1) is 0 Å². The molecule has 0 aromatic heterocycles. The standard InChI is InChI=1S/C22H28ClN3O4S/c1-16(15-26-11-5-6-12-26)14-24-22(27)17-9-10-18(23)21(13-17)31(28,29)25-19-7-3-4-8-20(19)30-2/h3-4,7-10,13,16,25H,5-6,11-12,14-15H2,1-2H3,(H,24,27). The third-order valence-electron chi connectivity index (χ3n) is 5.21. The molecule has 1 unspecified atom stereocenters. The molecule has 3 rings (SSSR count). The van der Waals surface area contributed by atoms with Gasteiger partial charge in [0.1, 0.15) is 10.6 Å². The maximum absolute atomic E-state index is 12.9. The molecule has 1 aliphatic rings. The van der Waals surface area contributed by atoms with Crippen molar-refractivity contribution in [2.24, 2.45) is 5.92 Å². The summed E-state index contributed by atoms with van der Waals surface area (Å²) in [4.78, 5) is 14.9. The number of likely N-dealkylation sites (tertiary alicyclic amines) is 1. The zero-order valence-electron chi connectivity index (χ0n) is 17.7.